The summed E-state index contributed by atoms with van der Waals surface area (Å²) in [6, 6.07) is 17.3. The number of ether oxygens (including phenoxy) is 1. The second-order valence-corrected chi connectivity index (χ2v) is 8.76. The van der Waals surface area contributed by atoms with Crippen LogP contribution in [0.3, 0.4) is 0 Å². The van der Waals surface area contributed by atoms with Crippen LogP contribution in [-0.4, -0.2) is 36.4 Å². The lowest BCUT2D eigenvalue weighted by Gasteiger charge is -2.33. The molecule has 1 N–H and O–H groups in total. The Hall–Kier alpha value is -3.03. The zero-order valence-electron chi connectivity index (χ0n) is 17.6. The Balaban J connectivity index is 1.34. The van der Waals surface area contributed by atoms with Crippen LogP contribution in [0, 0.1) is 5.82 Å². The topological polar surface area (TPSA) is 58.6 Å². The number of carbonyl (C=O) groups excluding carboxylic acids is 2. The minimum Gasteiger partial charge on any atom is -0.370 e. The van der Waals surface area contributed by atoms with E-state index in [1.54, 1.807) is 52.6 Å². The molecule has 3 aromatic rings. The second kappa shape index (κ2) is 10.5. The molecule has 0 saturated carbocycles. The van der Waals surface area contributed by atoms with Gasteiger partial charge in [-0.25, -0.2) is 4.39 Å². The van der Waals surface area contributed by atoms with Crippen LogP contribution in [-0.2, 0) is 16.0 Å². The first-order chi connectivity index (χ1) is 15.6. The molecular weight excluding hydrogens is 427 g/mol. The van der Waals surface area contributed by atoms with Crippen LogP contribution in [0.25, 0.3) is 0 Å². The number of nitrogens with one attached hydrogen (secondary N) is 1. The Morgan fingerprint density at radius 3 is 2.75 bits per heavy atom. The van der Waals surface area contributed by atoms with Crippen molar-refractivity contribution in [2.24, 2.45) is 0 Å². The summed E-state index contributed by atoms with van der Waals surface area (Å²) in [5, 5.41) is 4.93. The summed E-state index contributed by atoms with van der Waals surface area (Å²) >= 11 is 1.70. The van der Waals surface area contributed by atoms with Crippen molar-refractivity contribution >= 4 is 28.8 Å². The molecule has 2 amide bonds. The fourth-order valence-electron chi connectivity index (χ4n) is 3.73. The number of aryl methyl sites for hydroxylation is 1. The van der Waals surface area contributed by atoms with Crippen LogP contribution in [0.15, 0.2) is 66.0 Å². The summed E-state index contributed by atoms with van der Waals surface area (Å²) < 4.78 is 19.0. The minimum absolute atomic E-state index is 0.0612. The van der Waals surface area contributed by atoms with Crippen LogP contribution in [0.4, 0.5) is 10.1 Å². The van der Waals surface area contributed by atoms with Crippen LogP contribution < -0.4 is 5.32 Å². The van der Waals surface area contributed by atoms with E-state index < -0.39 is 0 Å². The zero-order chi connectivity index (χ0) is 22.3. The summed E-state index contributed by atoms with van der Waals surface area (Å²) in [6.45, 7) is 1.29. The molecule has 0 bridgehead atoms. The molecule has 1 aliphatic rings. The van der Waals surface area contributed by atoms with Gasteiger partial charge in [0.05, 0.1) is 13.2 Å². The molecular formula is C25H25FN2O3S. The standard InChI is InChI=1S/C25H25FN2O3S/c26-20-11-9-18(10-12-20)23-17-28(13-14-31-23)25(30)19-4-1-5-21(16-19)27-24(29)8-2-6-22-7-3-15-32-22/h1,3-5,7,9-12,15-16,23H,2,6,8,13-14,17H2,(H,27,29). The predicted molar refractivity (Wildman–Crippen MR) is 123 cm³/mol. The fraction of sp³-hybridized carbons (Fsp3) is 0.280. The number of hydrogen-bond donors (Lipinski definition) is 1. The molecule has 0 spiro atoms. The fourth-order valence-corrected chi connectivity index (χ4v) is 4.48. The van der Waals surface area contributed by atoms with Crippen molar-refractivity contribution in [2.75, 3.05) is 25.0 Å². The molecule has 0 aliphatic carbocycles. The maximum Gasteiger partial charge on any atom is 0.254 e. The molecule has 2 heterocycles. The van der Waals surface area contributed by atoms with Gasteiger partial charge in [0.15, 0.2) is 0 Å². The van der Waals surface area contributed by atoms with Gasteiger partial charge in [0, 0.05) is 29.1 Å². The largest absolute Gasteiger partial charge is 0.370 e. The van der Waals surface area contributed by atoms with Crippen LogP contribution >= 0.6 is 11.3 Å². The highest BCUT2D eigenvalue weighted by atomic mass is 32.1. The average molecular weight is 453 g/mol. The summed E-state index contributed by atoms with van der Waals surface area (Å²) in [5.74, 6) is -0.481. The van der Waals surface area contributed by atoms with Crippen molar-refractivity contribution in [3.05, 3.63) is 87.9 Å². The quantitative estimate of drug-likeness (QED) is 0.545. The lowest BCUT2D eigenvalue weighted by molar-refractivity contribution is -0.116. The van der Waals surface area contributed by atoms with E-state index in [2.05, 4.69) is 11.4 Å². The Bertz CT molecular complexity index is 1050. The number of amides is 2. The van der Waals surface area contributed by atoms with Gasteiger partial charge >= 0.3 is 0 Å². The molecule has 32 heavy (non-hydrogen) atoms. The molecule has 7 heteroatoms. The molecule has 1 unspecified atom stereocenters. The van der Waals surface area contributed by atoms with E-state index >= 15 is 0 Å². The lowest BCUT2D eigenvalue weighted by Crippen LogP contribution is -2.42. The Morgan fingerprint density at radius 1 is 1.12 bits per heavy atom. The molecule has 4 rings (SSSR count). The zero-order valence-corrected chi connectivity index (χ0v) is 18.4. The molecule has 1 fully saturated rings. The Labute approximate surface area is 190 Å². The van der Waals surface area contributed by atoms with E-state index in [1.807, 2.05) is 11.4 Å². The smallest absolute Gasteiger partial charge is 0.254 e. The molecule has 166 valence electrons. The van der Waals surface area contributed by atoms with Crippen LogP contribution in [0.5, 0.6) is 0 Å². The van der Waals surface area contributed by atoms with Gasteiger partial charge in [0.25, 0.3) is 5.91 Å². The van der Waals surface area contributed by atoms with E-state index in [9.17, 15) is 14.0 Å². The first kappa shape index (κ1) is 22.2. The van der Waals surface area contributed by atoms with Crippen LogP contribution in [0.1, 0.15) is 39.7 Å². The summed E-state index contributed by atoms with van der Waals surface area (Å²) in [4.78, 5) is 28.4. The highest BCUT2D eigenvalue weighted by Crippen LogP contribution is 2.24. The normalized spacial score (nSPS) is 16.0. The third-order valence-corrected chi connectivity index (χ3v) is 6.33. The monoisotopic (exact) mass is 452 g/mol. The maximum absolute atomic E-state index is 13.2. The van der Waals surface area contributed by atoms with Gasteiger partial charge in [-0.15, -0.1) is 11.3 Å². The first-order valence-electron chi connectivity index (χ1n) is 10.7. The van der Waals surface area contributed by atoms with E-state index in [0.29, 0.717) is 37.4 Å². The van der Waals surface area contributed by atoms with E-state index in [0.717, 1.165) is 18.4 Å². The number of thiophene rings is 1. The summed E-state index contributed by atoms with van der Waals surface area (Å²) in [7, 11) is 0. The molecule has 5 nitrogen and oxygen atoms in total. The van der Waals surface area contributed by atoms with Crippen molar-refractivity contribution in [3.8, 4) is 0 Å². The molecule has 1 aromatic heterocycles. The van der Waals surface area contributed by atoms with Gasteiger partial charge in [-0.05, 0) is 60.2 Å². The molecule has 1 aliphatic heterocycles. The van der Waals surface area contributed by atoms with Gasteiger partial charge in [-0.2, -0.15) is 0 Å². The van der Waals surface area contributed by atoms with Crippen molar-refractivity contribution in [1.29, 1.82) is 0 Å². The molecule has 1 atom stereocenters. The van der Waals surface area contributed by atoms with Gasteiger partial charge < -0.3 is 15.0 Å². The maximum atomic E-state index is 13.2. The number of rotatable bonds is 7. The highest BCUT2D eigenvalue weighted by Gasteiger charge is 2.26. The SMILES string of the molecule is O=C(CCCc1cccs1)Nc1cccc(C(=O)N2CCOC(c3ccc(F)cc3)C2)c1. The minimum atomic E-state index is -0.303. The van der Waals surface area contributed by atoms with Crippen molar-refractivity contribution in [3.63, 3.8) is 0 Å². The van der Waals surface area contributed by atoms with Crippen molar-refractivity contribution < 1.29 is 18.7 Å². The molecule has 0 radical (unpaired) electrons. The number of morpholine rings is 1. The number of benzene rings is 2. The lowest BCUT2D eigenvalue weighted by atomic mass is 10.1. The third-order valence-electron chi connectivity index (χ3n) is 5.40. The first-order valence-corrected chi connectivity index (χ1v) is 11.5. The number of nitrogens with zero attached hydrogens (tertiary/aromatic N) is 1. The molecule has 1 saturated heterocycles. The second-order valence-electron chi connectivity index (χ2n) is 7.72. The summed E-state index contributed by atoms with van der Waals surface area (Å²) in [6.07, 6.45) is 1.80. The number of anilines is 1. The van der Waals surface area contributed by atoms with Gasteiger partial charge in [-0.3, -0.25) is 9.59 Å². The van der Waals surface area contributed by atoms with E-state index in [-0.39, 0.29) is 23.7 Å². The number of hydrogen-bond acceptors (Lipinski definition) is 4. The van der Waals surface area contributed by atoms with Gasteiger partial charge in [0.1, 0.15) is 11.9 Å². The average Bonchev–Trinajstić information content (AvgIpc) is 3.33. The summed E-state index contributed by atoms with van der Waals surface area (Å²) in [5.41, 5.74) is 1.97. The highest BCUT2D eigenvalue weighted by molar-refractivity contribution is 7.09. The Kier molecular flexibility index (Phi) is 7.29. The number of carbonyl (C=O) groups is 2. The molecule has 2 aromatic carbocycles. The van der Waals surface area contributed by atoms with Crippen molar-refractivity contribution in [1.82, 2.24) is 4.90 Å². The van der Waals surface area contributed by atoms with E-state index in [4.69, 9.17) is 4.74 Å². The predicted octanol–water partition coefficient (Wildman–Crippen LogP) is 5.06. The van der Waals surface area contributed by atoms with Gasteiger partial charge in [0.2, 0.25) is 5.91 Å². The Morgan fingerprint density at radius 2 is 1.97 bits per heavy atom. The van der Waals surface area contributed by atoms with Crippen molar-refractivity contribution in [2.45, 2.75) is 25.4 Å². The third kappa shape index (κ3) is 5.81. The number of halogens is 1. The van der Waals surface area contributed by atoms with Crippen LogP contribution in [0.2, 0.25) is 0 Å². The van der Waals surface area contributed by atoms with Gasteiger partial charge in [-0.1, -0.05) is 24.3 Å². The van der Waals surface area contributed by atoms with E-state index in [1.165, 1.54) is 17.0 Å².